The molecule has 0 unspecified atom stereocenters. The van der Waals surface area contributed by atoms with Crippen molar-refractivity contribution in [3.8, 4) is 0 Å². The number of hydrogen-bond donors (Lipinski definition) is 5. The molecule has 40 heavy (non-hydrogen) atoms. The molecule has 0 saturated carbocycles. The van der Waals surface area contributed by atoms with Crippen LogP contribution in [0.25, 0.3) is 0 Å². The van der Waals surface area contributed by atoms with Crippen LogP contribution >= 0.6 is 24.9 Å². The molecular weight excluding hydrogens is 607 g/mol. The Morgan fingerprint density at radius 1 is 0.550 bits per heavy atom. The lowest BCUT2D eigenvalue weighted by Crippen LogP contribution is -2.49. The Morgan fingerprint density at radius 3 is 1.35 bits per heavy atom. The quantitative estimate of drug-likeness (QED) is 0.138. The molecule has 0 aliphatic carbocycles. The van der Waals surface area contributed by atoms with Crippen LogP contribution in [0.2, 0.25) is 0 Å². The van der Waals surface area contributed by atoms with Gasteiger partial charge in [0, 0.05) is 0 Å². The summed E-state index contributed by atoms with van der Waals surface area (Å²) < 4.78 is 0. The first-order chi connectivity index (χ1) is 18.5. The van der Waals surface area contributed by atoms with E-state index in [2.05, 4.69) is 0 Å². The van der Waals surface area contributed by atoms with Crippen LogP contribution in [0.1, 0.15) is 24.8 Å². The lowest BCUT2D eigenvalue weighted by Gasteiger charge is -2.31. The van der Waals surface area contributed by atoms with Gasteiger partial charge in [-0.25, -0.2) is 0 Å². The Kier molecular flexibility index (Phi) is 10.7. The molecule has 3 aromatic rings. The first-order valence-corrected chi connectivity index (χ1v) is 13.0. The standard InChI is InChI=1S/C28H25O10P.BrH/c29-22(30)27(23(31)32,16-9-17-28(24(33)34,25(35)36)26(37)38)20-14-7-8-15-21(20)39(18-10-3-1-4-11-18)19-12-5-2-6-13-19;/h1-8,10-15H,9,16-17H2,(H,29,30)(H,31,32)(H,33,34)(H,35,36)(H,37,38);1H. The fraction of sp³-hybridized carbons (Fsp3) is 0.179. The molecule has 10 nitrogen and oxygen atoms in total. The Labute approximate surface area is 240 Å². The lowest BCUT2D eigenvalue weighted by atomic mass is 9.73. The van der Waals surface area contributed by atoms with Gasteiger partial charge in [0.15, 0.2) is 5.41 Å². The van der Waals surface area contributed by atoms with Gasteiger partial charge >= 0.3 is 29.8 Å². The third kappa shape index (κ3) is 5.90. The first kappa shape index (κ1) is 32.1. The number of rotatable bonds is 13. The summed E-state index contributed by atoms with van der Waals surface area (Å²) in [5.41, 5.74) is -5.94. The minimum absolute atomic E-state index is 0. The number of aliphatic carboxylic acids is 5. The van der Waals surface area contributed by atoms with Crippen molar-refractivity contribution in [3.05, 3.63) is 90.5 Å². The molecule has 0 aliphatic rings. The van der Waals surface area contributed by atoms with Gasteiger partial charge in [-0.15, -0.1) is 17.0 Å². The van der Waals surface area contributed by atoms with E-state index < -0.39 is 67.9 Å². The van der Waals surface area contributed by atoms with Crippen molar-refractivity contribution >= 4 is 70.7 Å². The summed E-state index contributed by atoms with van der Waals surface area (Å²) in [5, 5.41) is 50.9. The SMILES string of the molecule is Br.O=C(O)C(CCCC(C(=O)O)(C(=O)O)c1ccccc1P(c1ccccc1)c1ccccc1)(C(=O)O)C(=O)O. The Balaban J connectivity index is 0.00000560. The predicted octanol–water partition coefficient (Wildman–Crippen LogP) is 2.84. The summed E-state index contributed by atoms with van der Waals surface area (Å²) in [6.45, 7) is 0. The van der Waals surface area contributed by atoms with E-state index in [1.165, 1.54) is 12.1 Å². The molecule has 0 spiro atoms. The highest BCUT2D eigenvalue weighted by molar-refractivity contribution is 8.93. The maximum atomic E-state index is 12.7. The average Bonchev–Trinajstić information content (AvgIpc) is 2.90. The monoisotopic (exact) mass is 632 g/mol. The van der Waals surface area contributed by atoms with Crippen molar-refractivity contribution < 1.29 is 49.5 Å². The lowest BCUT2D eigenvalue weighted by molar-refractivity contribution is -0.176. The van der Waals surface area contributed by atoms with Crippen LogP contribution in [0.5, 0.6) is 0 Å². The summed E-state index contributed by atoms with van der Waals surface area (Å²) in [4.78, 5) is 60.5. The van der Waals surface area contributed by atoms with Gasteiger partial charge in [-0.05, 0) is 48.7 Å². The number of hydrogen-bond acceptors (Lipinski definition) is 5. The average molecular weight is 633 g/mol. The smallest absolute Gasteiger partial charge is 0.332 e. The van der Waals surface area contributed by atoms with E-state index in [1.807, 2.05) is 36.4 Å². The molecule has 0 atom stereocenters. The molecular formula is C28H26BrO10P. The number of carbonyl (C=O) groups is 5. The van der Waals surface area contributed by atoms with E-state index in [0.29, 0.717) is 5.30 Å². The zero-order valence-corrected chi connectivity index (χ0v) is 23.4. The minimum atomic E-state index is -3.26. The fourth-order valence-electron chi connectivity index (χ4n) is 4.50. The maximum Gasteiger partial charge on any atom is 0.332 e. The van der Waals surface area contributed by atoms with Crippen molar-refractivity contribution in [2.75, 3.05) is 0 Å². The summed E-state index contributed by atoms with van der Waals surface area (Å²) in [7, 11) is -1.46. The molecule has 3 rings (SSSR count). The van der Waals surface area contributed by atoms with Crippen LogP contribution in [-0.4, -0.2) is 55.4 Å². The molecule has 0 bridgehead atoms. The highest BCUT2D eigenvalue weighted by atomic mass is 79.9. The Bertz CT molecular complexity index is 1300. The third-order valence-corrected chi connectivity index (χ3v) is 9.06. The maximum absolute atomic E-state index is 12.7. The van der Waals surface area contributed by atoms with Gasteiger partial charge in [-0.3, -0.25) is 24.0 Å². The van der Waals surface area contributed by atoms with Crippen molar-refractivity contribution in [3.63, 3.8) is 0 Å². The Hall–Kier alpha value is -4.08. The molecule has 0 saturated heterocycles. The van der Waals surface area contributed by atoms with Crippen LogP contribution < -0.4 is 15.9 Å². The van der Waals surface area contributed by atoms with E-state index in [0.717, 1.165) is 10.6 Å². The highest BCUT2D eigenvalue weighted by Gasteiger charge is 2.56. The second-order valence-electron chi connectivity index (χ2n) is 8.71. The van der Waals surface area contributed by atoms with Crippen LogP contribution in [0.4, 0.5) is 0 Å². The molecule has 210 valence electrons. The molecule has 0 fully saturated rings. The molecule has 0 amide bonds. The van der Waals surface area contributed by atoms with Gasteiger partial charge in [0.25, 0.3) is 5.41 Å². The molecule has 3 aromatic carbocycles. The Morgan fingerprint density at radius 2 is 0.950 bits per heavy atom. The van der Waals surface area contributed by atoms with Crippen molar-refractivity contribution in [2.45, 2.75) is 24.7 Å². The summed E-state index contributed by atoms with van der Waals surface area (Å²) in [6.07, 6.45) is -2.41. The van der Waals surface area contributed by atoms with Crippen molar-refractivity contribution in [1.82, 2.24) is 0 Å². The summed E-state index contributed by atoms with van der Waals surface area (Å²) in [5.74, 6) is -9.92. The third-order valence-electron chi connectivity index (χ3n) is 6.56. The van der Waals surface area contributed by atoms with E-state index in [9.17, 15) is 49.5 Å². The van der Waals surface area contributed by atoms with Crippen molar-refractivity contribution in [2.24, 2.45) is 5.41 Å². The van der Waals surface area contributed by atoms with Gasteiger partial charge in [0.1, 0.15) is 0 Å². The van der Waals surface area contributed by atoms with Gasteiger partial charge < -0.3 is 25.5 Å². The van der Waals surface area contributed by atoms with E-state index in [1.54, 1.807) is 36.4 Å². The van der Waals surface area contributed by atoms with Crippen LogP contribution in [0.3, 0.4) is 0 Å². The zero-order chi connectivity index (χ0) is 28.8. The normalized spacial score (nSPS) is 11.3. The first-order valence-electron chi connectivity index (χ1n) is 11.7. The van der Waals surface area contributed by atoms with E-state index in [4.69, 9.17) is 0 Å². The molecule has 12 heteroatoms. The number of carboxylic acid groups (broad SMARTS) is 5. The molecule has 0 radical (unpaired) electrons. The van der Waals surface area contributed by atoms with E-state index >= 15 is 0 Å². The van der Waals surface area contributed by atoms with Crippen LogP contribution in [0, 0.1) is 5.41 Å². The number of halogens is 1. The fourth-order valence-corrected chi connectivity index (χ4v) is 7.03. The summed E-state index contributed by atoms with van der Waals surface area (Å²) in [6, 6.07) is 24.4. The second kappa shape index (κ2) is 13.3. The minimum Gasteiger partial charge on any atom is -0.480 e. The largest absolute Gasteiger partial charge is 0.480 e. The molecule has 0 heterocycles. The molecule has 0 aromatic heterocycles. The van der Waals surface area contributed by atoms with Crippen molar-refractivity contribution in [1.29, 1.82) is 0 Å². The van der Waals surface area contributed by atoms with Crippen LogP contribution in [0.15, 0.2) is 84.9 Å². The topological polar surface area (TPSA) is 186 Å². The van der Waals surface area contributed by atoms with Gasteiger partial charge in [0.05, 0.1) is 0 Å². The van der Waals surface area contributed by atoms with E-state index in [-0.39, 0.29) is 22.5 Å². The number of benzene rings is 3. The molecule has 5 N–H and O–H groups in total. The highest BCUT2D eigenvalue weighted by Crippen LogP contribution is 2.40. The van der Waals surface area contributed by atoms with Gasteiger partial charge in [-0.2, -0.15) is 0 Å². The van der Waals surface area contributed by atoms with Gasteiger partial charge in [0.2, 0.25) is 0 Å². The number of carboxylic acids is 5. The molecule has 0 aliphatic heterocycles. The van der Waals surface area contributed by atoms with Crippen LogP contribution in [-0.2, 0) is 29.4 Å². The summed E-state index contributed by atoms with van der Waals surface area (Å²) >= 11 is 0. The van der Waals surface area contributed by atoms with Gasteiger partial charge in [-0.1, -0.05) is 84.9 Å². The predicted molar refractivity (Wildman–Crippen MR) is 152 cm³/mol. The zero-order valence-electron chi connectivity index (χ0n) is 20.8. The second-order valence-corrected chi connectivity index (χ2v) is 10.9.